The molecule has 1 aliphatic rings. The van der Waals surface area contributed by atoms with Crippen molar-refractivity contribution in [3.63, 3.8) is 0 Å². The molecule has 0 spiro atoms. The molecule has 1 aliphatic carbocycles. The van der Waals surface area contributed by atoms with Crippen LogP contribution in [0.1, 0.15) is 53.5 Å². The summed E-state index contributed by atoms with van der Waals surface area (Å²) < 4.78 is 4.66. The highest BCUT2D eigenvalue weighted by molar-refractivity contribution is 5.95. The number of esters is 1. The summed E-state index contributed by atoms with van der Waals surface area (Å²) in [4.78, 5) is 20.1. The van der Waals surface area contributed by atoms with E-state index in [0.29, 0.717) is 11.6 Å². The van der Waals surface area contributed by atoms with E-state index in [9.17, 15) is 4.79 Å². The van der Waals surface area contributed by atoms with E-state index in [1.807, 2.05) is 0 Å². The Labute approximate surface area is 100 Å². The first-order valence-corrected chi connectivity index (χ1v) is 5.85. The van der Waals surface area contributed by atoms with Gasteiger partial charge in [0, 0.05) is 5.92 Å². The smallest absolute Gasteiger partial charge is 0.343 e. The van der Waals surface area contributed by atoms with Gasteiger partial charge >= 0.3 is 5.97 Å². The van der Waals surface area contributed by atoms with Gasteiger partial charge in [-0.15, -0.1) is 0 Å². The number of ether oxygens (including phenoxy) is 1. The number of carbonyl (C=O) groups is 1. The molecule has 0 aromatic carbocycles. The lowest BCUT2D eigenvalue weighted by Crippen LogP contribution is -2.14. The van der Waals surface area contributed by atoms with Crippen molar-refractivity contribution >= 4 is 11.8 Å². The topological polar surface area (TPSA) is 78.1 Å². The quantitative estimate of drug-likeness (QED) is 0.791. The number of hydrogen-bond donors (Lipinski definition) is 1. The maximum absolute atomic E-state index is 11.5. The van der Waals surface area contributed by atoms with Crippen molar-refractivity contribution in [1.82, 2.24) is 9.97 Å². The summed E-state index contributed by atoms with van der Waals surface area (Å²) in [5.41, 5.74) is 6.70. The first kappa shape index (κ1) is 11.8. The number of aromatic nitrogens is 2. The molecule has 17 heavy (non-hydrogen) atoms. The van der Waals surface area contributed by atoms with Crippen LogP contribution in [0.2, 0.25) is 0 Å². The fourth-order valence-electron chi connectivity index (χ4n) is 2.34. The molecule has 1 heterocycles. The van der Waals surface area contributed by atoms with Gasteiger partial charge in [-0.1, -0.05) is 12.8 Å². The van der Waals surface area contributed by atoms with Crippen molar-refractivity contribution < 1.29 is 9.53 Å². The number of rotatable bonds is 2. The first-order chi connectivity index (χ1) is 8.13. The van der Waals surface area contributed by atoms with Crippen molar-refractivity contribution in [3.05, 3.63) is 17.1 Å². The van der Waals surface area contributed by atoms with Crippen molar-refractivity contribution in [2.75, 3.05) is 12.8 Å². The molecule has 0 unspecified atom stereocenters. The molecular weight excluding hydrogens is 218 g/mol. The normalized spacial score (nSPS) is 16.1. The Kier molecular flexibility index (Phi) is 3.26. The van der Waals surface area contributed by atoms with E-state index in [1.165, 1.54) is 20.0 Å². The second kappa shape index (κ2) is 4.69. The minimum absolute atomic E-state index is 0.228. The average molecular weight is 235 g/mol. The summed E-state index contributed by atoms with van der Waals surface area (Å²) >= 11 is 0. The third-order valence-electron chi connectivity index (χ3n) is 3.25. The SMILES string of the molecule is COC(=O)c1c(C)nc(C2CCCC2)nc1N. The third-order valence-corrected chi connectivity index (χ3v) is 3.25. The molecule has 0 amide bonds. The lowest BCUT2D eigenvalue weighted by molar-refractivity contribution is 0.0600. The molecule has 5 nitrogen and oxygen atoms in total. The number of anilines is 1. The van der Waals surface area contributed by atoms with Gasteiger partial charge in [0.2, 0.25) is 0 Å². The van der Waals surface area contributed by atoms with E-state index >= 15 is 0 Å². The summed E-state index contributed by atoms with van der Waals surface area (Å²) in [5, 5.41) is 0. The summed E-state index contributed by atoms with van der Waals surface area (Å²) in [6.07, 6.45) is 4.64. The summed E-state index contributed by atoms with van der Waals surface area (Å²) in [7, 11) is 1.33. The van der Waals surface area contributed by atoms with E-state index in [4.69, 9.17) is 5.73 Å². The standard InChI is InChI=1S/C12H17N3O2/c1-7-9(12(16)17-2)10(13)15-11(14-7)8-5-3-4-6-8/h8H,3-6H2,1-2H3,(H2,13,14,15). The number of nitrogens with two attached hydrogens (primary N) is 1. The Bertz CT molecular complexity index is 416. The molecule has 1 fully saturated rings. The molecule has 0 saturated heterocycles. The molecule has 1 aromatic heterocycles. The van der Waals surface area contributed by atoms with Crippen LogP contribution in [0.25, 0.3) is 0 Å². The number of methoxy groups -OCH3 is 1. The fraction of sp³-hybridized carbons (Fsp3) is 0.583. The molecule has 1 aromatic rings. The first-order valence-electron chi connectivity index (χ1n) is 5.85. The fourth-order valence-corrected chi connectivity index (χ4v) is 2.34. The predicted octanol–water partition coefficient (Wildman–Crippen LogP) is 1.81. The zero-order chi connectivity index (χ0) is 12.4. The van der Waals surface area contributed by atoms with Crippen LogP contribution in [-0.2, 0) is 4.74 Å². The number of nitrogens with zero attached hydrogens (tertiary/aromatic N) is 2. The van der Waals surface area contributed by atoms with Crippen LogP contribution >= 0.6 is 0 Å². The van der Waals surface area contributed by atoms with Crippen LogP contribution < -0.4 is 5.73 Å². The average Bonchev–Trinajstić information content (AvgIpc) is 2.81. The summed E-state index contributed by atoms with van der Waals surface area (Å²) in [6, 6.07) is 0. The number of hydrogen-bond acceptors (Lipinski definition) is 5. The zero-order valence-electron chi connectivity index (χ0n) is 10.2. The van der Waals surface area contributed by atoms with Crippen molar-refractivity contribution in [1.29, 1.82) is 0 Å². The summed E-state index contributed by atoms with van der Waals surface area (Å²) in [5.74, 6) is 0.914. The van der Waals surface area contributed by atoms with Crippen LogP contribution in [0.15, 0.2) is 0 Å². The Morgan fingerprint density at radius 3 is 2.53 bits per heavy atom. The van der Waals surface area contributed by atoms with Crippen LogP contribution in [-0.4, -0.2) is 23.0 Å². The molecule has 92 valence electrons. The largest absolute Gasteiger partial charge is 0.465 e. The second-order valence-corrected chi connectivity index (χ2v) is 4.40. The highest BCUT2D eigenvalue weighted by Gasteiger charge is 2.23. The predicted molar refractivity (Wildman–Crippen MR) is 63.7 cm³/mol. The molecule has 0 bridgehead atoms. The Hall–Kier alpha value is -1.65. The molecule has 0 radical (unpaired) electrons. The second-order valence-electron chi connectivity index (χ2n) is 4.40. The van der Waals surface area contributed by atoms with Gasteiger partial charge in [0.25, 0.3) is 0 Å². The summed E-state index contributed by atoms with van der Waals surface area (Å²) in [6.45, 7) is 1.77. The van der Waals surface area contributed by atoms with Gasteiger partial charge in [-0.2, -0.15) is 0 Å². The van der Waals surface area contributed by atoms with Gasteiger partial charge in [0.15, 0.2) is 0 Å². The Balaban J connectivity index is 2.37. The lowest BCUT2D eigenvalue weighted by Gasteiger charge is -2.12. The third kappa shape index (κ3) is 2.23. The van der Waals surface area contributed by atoms with E-state index in [0.717, 1.165) is 18.7 Å². The van der Waals surface area contributed by atoms with Crippen LogP contribution in [0.5, 0.6) is 0 Å². The van der Waals surface area contributed by atoms with Crippen LogP contribution in [0.4, 0.5) is 5.82 Å². The molecule has 0 aliphatic heterocycles. The minimum Gasteiger partial charge on any atom is -0.465 e. The number of aryl methyl sites for hydroxylation is 1. The molecular formula is C12H17N3O2. The molecule has 2 N–H and O–H groups in total. The van der Waals surface area contributed by atoms with Gasteiger partial charge in [-0.25, -0.2) is 14.8 Å². The van der Waals surface area contributed by atoms with Crippen molar-refractivity contribution in [2.24, 2.45) is 0 Å². The Morgan fingerprint density at radius 2 is 2.00 bits per heavy atom. The molecule has 5 heteroatoms. The number of nitrogen functional groups attached to an aromatic ring is 1. The molecule has 2 rings (SSSR count). The van der Waals surface area contributed by atoms with Crippen molar-refractivity contribution in [3.8, 4) is 0 Å². The van der Waals surface area contributed by atoms with Crippen LogP contribution in [0, 0.1) is 6.92 Å². The minimum atomic E-state index is -0.474. The van der Waals surface area contributed by atoms with E-state index < -0.39 is 5.97 Å². The van der Waals surface area contributed by atoms with E-state index in [2.05, 4.69) is 14.7 Å². The molecule has 0 atom stereocenters. The van der Waals surface area contributed by atoms with Crippen LogP contribution in [0.3, 0.4) is 0 Å². The van der Waals surface area contributed by atoms with Gasteiger partial charge in [-0.3, -0.25) is 0 Å². The monoisotopic (exact) mass is 235 g/mol. The highest BCUT2D eigenvalue weighted by atomic mass is 16.5. The highest BCUT2D eigenvalue weighted by Crippen LogP contribution is 2.33. The van der Waals surface area contributed by atoms with E-state index in [1.54, 1.807) is 6.92 Å². The number of carbonyl (C=O) groups excluding carboxylic acids is 1. The maximum Gasteiger partial charge on any atom is 0.343 e. The maximum atomic E-state index is 11.5. The lowest BCUT2D eigenvalue weighted by atomic mass is 10.1. The van der Waals surface area contributed by atoms with Gasteiger partial charge < -0.3 is 10.5 Å². The Morgan fingerprint density at radius 1 is 1.35 bits per heavy atom. The van der Waals surface area contributed by atoms with Gasteiger partial charge in [-0.05, 0) is 19.8 Å². The van der Waals surface area contributed by atoms with Gasteiger partial charge in [0.1, 0.15) is 17.2 Å². The van der Waals surface area contributed by atoms with Gasteiger partial charge in [0.05, 0.1) is 12.8 Å². The van der Waals surface area contributed by atoms with Crippen molar-refractivity contribution in [2.45, 2.75) is 38.5 Å². The van der Waals surface area contributed by atoms with E-state index in [-0.39, 0.29) is 11.4 Å². The zero-order valence-corrected chi connectivity index (χ0v) is 10.2. The molecule has 1 saturated carbocycles.